The first-order valence-corrected chi connectivity index (χ1v) is 7.31. The third-order valence-electron chi connectivity index (χ3n) is 3.57. The lowest BCUT2D eigenvalue weighted by atomic mass is 10.1. The predicted molar refractivity (Wildman–Crippen MR) is 81.6 cm³/mol. The monoisotopic (exact) mass is 261 g/mol. The predicted octanol–water partition coefficient (Wildman–Crippen LogP) is 3.12. The summed E-state index contributed by atoms with van der Waals surface area (Å²) in [5.41, 5.74) is 2.60. The van der Waals surface area contributed by atoms with Crippen LogP contribution in [0.4, 0.5) is 5.82 Å². The molecule has 0 aliphatic carbocycles. The number of hydrogen-bond acceptors (Lipinski definition) is 3. The second-order valence-corrected chi connectivity index (χ2v) is 6.92. The molecule has 3 nitrogen and oxygen atoms in total. The summed E-state index contributed by atoms with van der Waals surface area (Å²) in [6, 6.07) is 4.42. The van der Waals surface area contributed by atoms with Gasteiger partial charge in [-0.25, -0.2) is 4.98 Å². The molecular weight excluding hydrogens is 234 g/mol. The lowest BCUT2D eigenvalue weighted by Crippen LogP contribution is -2.35. The highest BCUT2D eigenvalue weighted by molar-refractivity contribution is 5.43. The zero-order valence-electron chi connectivity index (χ0n) is 13.0. The van der Waals surface area contributed by atoms with Crippen molar-refractivity contribution < 1.29 is 0 Å². The van der Waals surface area contributed by atoms with Gasteiger partial charge in [-0.05, 0) is 57.7 Å². The summed E-state index contributed by atoms with van der Waals surface area (Å²) < 4.78 is 0. The molecule has 1 unspecified atom stereocenters. The highest BCUT2D eigenvalue weighted by atomic mass is 15.2. The molecule has 1 atom stereocenters. The van der Waals surface area contributed by atoms with E-state index in [4.69, 9.17) is 4.98 Å². The van der Waals surface area contributed by atoms with Crippen LogP contribution < -0.4 is 10.2 Å². The Morgan fingerprint density at radius 1 is 1.37 bits per heavy atom. The van der Waals surface area contributed by atoms with Gasteiger partial charge in [-0.1, -0.05) is 6.92 Å². The number of hydrogen-bond donors (Lipinski definition) is 1. The van der Waals surface area contributed by atoms with Crippen LogP contribution in [0.15, 0.2) is 12.1 Å². The van der Waals surface area contributed by atoms with Crippen LogP contribution in [0.5, 0.6) is 0 Å². The maximum Gasteiger partial charge on any atom is 0.129 e. The zero-order chi connectivity index (χ0) is 14.0. The van der Waals surface area contributed by atoms with Gasteiger partial charge in [0.25, 0.3) is 0 Å². The molecule has 0 radical (unpaired) electrons. The van der Waals surface area contributed by atoms with Crippen molar-refractivity contribution in [3.8, 4) is 0 Å². The first kappa shape index (κ1) is 14.3. The van der Waals surface area contributed by atoms with Gasteiger partial charge in [0.15, 0.2) is 0 Å². The van der Waals surface area contributed by atoms with Crippen LogP contribution in [-0.2, 0) is 6.54 Å². The molecule has 1 saturated heterocycles. The van der Waals surface area contributed by atoms with Gasteiger partial charge in [-0.2, -0.15) is 0 Å². The van der Waals surface area contributed by atoms with E-state index < -0.39 is 0 Å². The summed E-state index contributed by atoms with van der Waals surface area (Å²) >= 11 is 0. The number of anilines is 1. The Kier molecular flexibility index (Phi) is 4.14. The van der Waals surface area contributed by atoms with Gasteiger partial charge in [0.1, 0.15) is 5.82 Å². The van der Waals surface area contributed by atoms with Gasteiger partial charge >= 0.3 is 0 Å². The summed E-state index contributed by atoms with van der Waals surface area (Å²) in [4.78, 5) is 7.11. The van der Waals surface area contributed by atoms with E-state index in [1.165, 1.54) is 12.0 Å². The third-order valence-corrected chi connectivity index (χ3v) is 3.57. The Morgan fingerprint density at radius 3 is 2.68 bits per heavy atom. The standard InChI is InChI=1S/C16H27N3/c1-12-6-7-19(11-12)15-9-14(8-13(2)18-15)10-17-16(3,4)5/h8-9,12,17H,6-7,10-11H2,1-5H3. The molecule has 3 heteroatoms. The third kappa shape index (κ3) is 4.20. The number of nitrogens with zero attached hydrogens (tertiary/aromatic N) is 2. The van der Waals surface area contributed by atoms with Crippen LogP contribution in [0, 0.1) is 12.8 Å². The maximum absolute atomic E-state index is 4.69. The van der Waals surface area contributed by atoms with E-state index in [2.05, 4.69) is 57.0 Å². The minimum atomic E-state index is 0.152. The van der Waals surface area contributed by atoms with E-state index >= 15 is 0 Å². The summed E-state index contributed by atoms with van der Waals surface area (Å²) in [7, 11) is 0. The van der Waals surface area contributed by atoms with E-state index in [-0.39, 0.29) is 5.54 Å². The number of pyridine rings is 1. The molecule has 1 aromatic heterocycles. The summed E-state index contributed by atoms with van der Waals surface area (Å²) in [6.07, 6.45) is 1.28. The Hall–Kier alpha value is -1.09. The average Bonchev–Trinajstić information content (AvgIpc) is 2.72. The molecule has 0 aromatic carbocycles. The molecule has 2 rings (SSSR count). The van der Waals surface area contributed by atoms with Crippen molar-refractivity contribution in [2.45, 2.75) is 53.1 Å². The molecule has 1 aliphatic rings. The Labute approximate surface area is 117 Å². The minimum Gasteiger partial charge on any atom is -0.356 e. The number of rotatable bonds is 3. The second-order valence-electron chi connectivity index (χ2n) is 6.92. The van der Waals surface area contributed by atoms with Gasteiger partial charge in [-0.15, -0.1) is 0 Å². The highest BCUT2D eigenvalue weighted by Crippen LogP contribution is 2.23. The quantitative estimate of drug-likeness (QED) is 0.906. The summed E-state index contributed by atoms with van der Waals surface area (Å²) in [6.45, 7) is 14.2. The number of aryl methyl sites for hydroxylation is 1. The fraction of sp³-hybridized carbons (Fsp3) is 0.688. The van der Waals surface area contributed by atoms with Crippen LogP contribution >= 0.6 is 0 Å². The van der Waals surface area contributed by atoms with Crippen LogP contribution in [0.2, 0.25) is 0 Å². The van der Waals surface area contributed by atoms with Crippen molar-refractivity contribution in [3.63, 3.8) is 0 Å². The number of nitrogens with one attached hydrogen (secondary N) is 1. The molecule has 0 spiro atoms. The van der Waals surface area contributed by atoms with Crippen molar-refractivity contribution in [1.82, 2.24) is 10.3 Å². The van der Waals surface area contributed by atoms with Crippen molar-refractivity contribution in [2.24, 2.45) is 5.92 Å². The first-order valence-electron chi connectivity index (χ1n) is 7.31. The zero-order valence-corrected chi connectivity index (χ0v) is 13.0. The van der Waals surface area contributed by atoms with Crippen LogP contribution in [0.1, 0.15) is 45.4 Å². The van der Waals surface area contributed by atoms with Gasteiger partial charge in [0.2, 0.25) is 0 Å². The normalized spacial score (nSPS) is 20.1. The van der Waals surface area contributed by atoms with Crippen LogP contribution in [0.3, 0.4) is 0 Å². The van der Waals surface area contributed by atoms with Crippen molar-refractivity contribution >= 4 is 5.82 Å². The van der Waals surface area contributed by atoms with Crippen LogP contribution in [-0.4, -0.2) is 23.6 Å². The highest BCUT2D eigenvalue weighted by Gasteiger charge is 2.20. The lowest BCUT2D eigenvalue weighted by molar-refractivity contribution is 0.424. The van der Waals surface area contributed by atoms with E-state index in [0.717, 1.165) is 37.1 Å². The van der Waals surface area contributed by atoms with E-state index in [9.17, 15) is 0 Å². The molecule has 2 heterocycles. The molecule has 0 saturated carbocycles. The Bertz CT molecular complexity index is 434. The van der Waals surface area contributed by atoms with E-state index in [1.807, 2.05) is 0 Å². The minimum absolute atomic E-state index is 0.152. The molecule has 106 valence electrons. The Morgan fingerprint density at radius 2 is 2.11 bits per heavy atom. The Balaban J connectivity index is 2.11. The fourth-order valence-corrected chi connectivity index (χ4v) is 2.50. The maximum atomic E-state index is 4.69. The SMILES string of the molecule is Cc1cc(CNC(C)(C)C)cc(N2CCC(C)C2)n1. The second kappa shape index (κ2) is 5.49. The lowest BCUT2D eigenvalue weighted by Gasteiger charge is -2.22. The molecule has 19 heavy (non-hydrogen) atoms. The van der Waals surface area contributed by atoms with Crippen LogP contribution in [0.25, 0.3) is 0 Å². The average molecular weight is 261 g/mol. The van der Waals surface area contributed by atoms with Gasteiger partial charge in [0.05, 0.1) is 0 Å². The molecule has 0 amide bonds. The molecule has 1 aliphatic heterocycles. The molecule has 1 aromatic rings. The summed E-state index contributed by atoms with van der Waals surface area (Å²) in [5.74, 6) is 1.94. The smallest absolute Gasteiger partial charge is 0.129 e. The molecule has 1 N–H and O–H groups in total. The fourth-order valence-electron chi connectivity index (χ4n) is 2.50. The largest absolute Gasteiger partial charge is 0.356 e. The summed E-state index contributed by atoms with van der Waals surface area (Å²) in [5, 5.41) is 3.55. The molecular formula is C16H27N3. The van der Waals surface area contributed by atoms with Gasteiger partial charge in [-0.3, -0.25) is 0 Å². The number of aromatic nitrogens is 1. The van der Waals surface area contributed by atoms with E-state index in [1.54, 1.807) is 0 Å². The van der Waals surface area contributed by atoms with Crippen molar-refractivity contribution in [1.29, 1.82) is 0 Å². The first-order chi connectivity index (χ1) is 8.83. The van der Waals surface area contributed by atoms with Crippen molar-refractivity contribution in [2.75, 3.05) is 18.0 Å². The van der Waals surface area contributed by atoms with Crippen molar-refractivity contribution in [3.05, 3.63) is 23.4 Å². The topological polar surface area (TPSA) is 28.2 Å². The van der Waals surface area contributed by atoms with Gasteiger partial charge in [0, 0.05) is 30.9 Å². The van der Waals surface area contributed by atoms with E-state index in [0.29, 0.717) is 0 Å². The molecule has 0 bridgehead atoms. The van der Waals surface area contributed by atoms with Gasteiger partial charge < -0.3 is 10.2 Å². The molecule has 1 fully saturated rings.